The van der Waals surface area contributed by atoms with Gasteiger partial charge in [0.05, 0.1) is 13.3 Å². The minimum Gasteiger partial charge on any atom is -0.481 e. The summed E-state index contributed by atoms with van der Waals surface area (Å²) in [7, 11) is 3.25. The second kappa shape index (κ2) is 4.91. The first-order chi connectivity index (χ1) is 8.61. The van der Waals surface area contributed by atoms with Gasteiger partial charge in [-0.15, -0.1) is 0 Å². The number of hydrogen-bond donors (Lipinski definition) is 2. The highest BCUT2D eigenvalue weighted by molar-refractivity contribution is 5.92. The van der Waals surface area contributed by atoms with Crippen molar-refractivity contribution in [3.05, 3.63) is 29.2 Å². The van der Waals surface area contributed by atoms with Gasteiger partial charge in [-0.3, -0.25) is 9.89 Å². The summed E-state index contributed by atoms with van der Waals surface area (Å²) < 4.78 is 6.56. The van der Waals surface area contributed by atoms with Crippen LogP contribution in [0.3, 0.4) is 0 Å². The topological polar surface area (TPSA) is 84.8 Å². The Kier molecular flexibility index (Phi) is 3.31. The number of aromatic amines is 1. The van der Waals surface area contributed by atoms with Crippen LogP contribution in [0.4, 0.5) is 0 Å². The molecular weight excluding hydrogens is 234 g/mol. The number of nitrogens with zero attached hydrogens (tertiary/aromatic N) is 3. The lowest BCUT2D eigenvalue weighted by Gasteiger charge is -2.01. The van der Waals surface area contributed by atoms with Crippen molar-refractivity contribution in [2.75, 3.05) is 7.11 Å². The molecule has 0 radical (unpaired) electrons. The number of amides is 1. The van der Waals surface area contributed by atoms with E-state index in [2.05, 4.69) is 20.6 Å². The van der Waals surface area contributed by atoms with E-state index in [4.69, 9.17) is 4.74 Å². The molecule has 2 aromatic heterocycles. The average molecular weight is 249 g/mol. The number of rotatable bonds is 4. The molecule has 2 aromatic rings. The molecule has 2 heterocycles. The minimum absolute atomic E-state index is 0.241. The number of aryl methyl sites for hydroxylation is 2. The van der Waals surface area contributed by atoms with Crippen molar-refractivity contribution in [1.29, 1.82) is 0 Å². The van der Waals surface area contributed by atoms with Gasteiger partial charge in [-0.2, -0.15) is 10.2 Å². The van der Waals surface area contributed by atoms with E-state index in [-0.39, 0.29) is 5.91 Å². The fraction of sp³-hybridized carbons (Fsp3) is 0.364. The van der Waals surface area contributed by atoms with Gasteiger partial charge in [0.25, 0.3) is 5.91 Å². The molecular formula is C11H15N5O2. The Balaban J connectivity index is 2.01. The molecule has 0 aromatic carbocycles. The van der Waals surface area contributed by atoms with Gasteiger partial charge in [-0.1, -0.05) is 0 Å². The molecule has 0 saturated carbocycles. The van der Waals surface area contributed by atoms with Crippen molar-refractivity contribution in [3.63, 3.8) is 0 Å². The van der Waals surface area contributed by atoms with Gasteiger partial charge >= 0.3 is 0 Å². The standard InChI is InChI=1S/C11H15N5O2/c1-7-8(6-13-14-7)5-12-11(17)9-4-10(18-3)16(2)15-9/h4,6H,5H2,1-3H3,(H,12,17)(H,13,14). The Morgan fingerprint density at radius 1 is 1.61 bits per heavy atom. The Labute approximate surface area is 104 Å². The normalized spacial score (nSPS) is 10.4. The minimum atomic E-state index is -0.241. The fourth-order valence-corrected chi connectivity index (χ4v) is 1.57. The molecule has 0 aliphatic carbocycles. The molecule has 0 atom stereocenters. The Morgan fingerprint density at radius 3 is 2.94 bits per heavy atom. The van der Waals surface area contributed by atoms with Crippen LogP contribution in [-0.4, -0.2) is 33.0 Å². The number of aromatic nitrogens is 4. The van der Waals surface area contributed by atoms with Crippen molar-refractivity contribution in [3.8, 4) is 5.88 Å². The molecule has 0 spiro atoms. The molecule has 0 fully saturated rings. The highest BCUT2D eigenvalue weighted by Gasteiger charge is 2.13. The molecule has 96 valence electrons. The van der Waals surface area contributed by atoms with E-state index < -0.39 is 0 Å². The summed E-state index contributed by atoms with van der Waals surface area (Å²) >= 11 is 0. The highest BCUT2D eigenvalue weighted by Crippen LogP contribution is 2.11. The number of nitrogens with one attached hydrogen (secondary N) is 2. The molecule has 0 saturated heterocycles. The second-order valence-corrected chi connectivity index (χ2v) is 3.90. The predicted octanol–water partition coefficient (Wildman–Crippen LogP) is 0.390. The molecule has 0 aliphatic heterocycles. The number of carbonyl (C=O) groups excluding carboxylic acids is 1. The van der Waals surface area contributed by atoms with Crippen LogP contribution < -0.4 is 10.1 Å². The van der Waals surface area contributed by atoms with Crippen LogP contribution in [0.5, 0.6) is 5.88 Å². The zero-order chi connectivity index (χ0) is 13.1. The van der Waals surface area contributed by atoms with Crippen LogP contribution in [0.25, 0.3) is 0 Å². The summed E-state index contributed by atoms with van der Waals surface area (Å²) in [5.74, 6) is 0.300. The van der Waals surface area contributed by atoms with Crippen LogP contribution in [0, 0.1) is 6.92 Å². The first-order valence-corrected chi connectivity index (χ1v) is 5.47. The lowest BCUT2D eigenvalue weighted by Crippen LogP contribution is -2.23. The summed E-state index contributed by atoms with van der Waals surface area (Å²) in [4.78, 5) is 11.9. The van der Waals surface area contributed by atoms with E-state index in [1.165, 1.54) is 11.8 Å². The molecule has 7 heteroatoms. The maximum Gasteiger partial charge on any atom is 0.272 e. The quantitative estimate of drug-likeness (QED) is 0.821. The molecule has 0 unspecified atom stereocenters. The van der Waals surface area contributed by atoms with E-state index in [1.807, 2.05) is 6.92 Å². The molecule has 2 N–H and O–H groups in total. The summed E-state index contributed by atoms with van der Waals surface area (Å²) in [6.07, 6.45) is 1.69. The second-order valence-electron chi connectivity index (χ2n) is 3.90. The molecule has 1 amide bonds. The molecule has 2 rings (SSSR count). The van der Waals surface area contributed by atoms with Gasteiger partial charge in [0.15, 0.2) is 5.69 Å². The fourth-order valence-electron chi connectivity index (χ4n) is 1.57. The van der Waals surface area contributed by atoms with Gasteiger partial charge < -0.3 is 10.1 Å². The van der Waals surface area contributed by atoms with Gasteiger partial charge in [-0.05, 0) is 6.92 Å². The zero-order valence-electron chi connectivity index (χ0n) is 10.5. The Morgan fingerprint density at radius 2 is 2.39 bits per heavy atom. The van der Waals surface area contributed by atoms with Crippen LogP contribution in [0.2, 0.25) is 0 Å². The zero-order valence-corrected chi connectivity index (χ0v) is 10.5. The van der Waals surface area contributed by atoms with E-state index >= 15 is 0 Å². The van der Waals surface area contributed by atoms with Crippen molar-refractivity contribution >= 4 is 5.91 Å². The maximum atomic E-state index is 11.9. The van der Waals surface area contributed by atoms with Crippen molar-refractivity contribution in [1.82, 2.24) is 25.3 Å². The number of carbonyl (C=O) groups is 1. The SMILES string of the molecule is COc1cc(C(=O)NCc2cn[nH]c2C)nn1C. The number of methoxy groups -OCH3 is 1. The largest absolute Gasteiger partial charge is 0.481 e. The first kappa shape index (κ1) is 12.2. The lowest BCUT2D eigenvalue weighted by molar-refractivity contribution is 0.0945. The van der Waals surface area contributed by atoms with Gasteiger partial charge in [-0.25, -0.2) is 4.68 Å². The van der Waals surface area contributed by atoms with E-state index in [9.17, 15) is 4.79 Å². The van der Waals surface area contributed by atoms with Crippen LogP contribution >= 0.6 is 0 Å². The summed E-state index contributed by atoms with van der Waals surface area (Å²) in [5.41, 5.74) is 2.22. The molecule has 0 bridgehead atoms. The smallest absolute Gasteiger partial charge is 0.272 e. The van der Waals surface area contributed by atoms with E-state index in [1.54, 1.807) is 19.3 Å². The molecule has 0 aliphatic rings. The maximum absolute atomic E-state index is 11.9. The van der Waals surface area contributed by atoms with Gasteiger partial charge in [0.2, 0.25) is 5.88 Å². The van der Waals surface area contributed by atoms with Crippen molar-refractivity contribution in [2.24, 2.45) is 7.05 Å². The Bertz CT molecular complexity index is 558. The summed E-state index contributed by atoms with van der Waals surface area (Å²) in [5, 5.41) is 13.5. The summed E-state index contributed by atoms with van der Waals surface area (Å²) in [6, 6.07) is 1.59. The van der Waals surface area contributed by atoms with Crippen LogP contribution in [-0.2, 0) is 13.6 Å². The molecule has 18 heavy (non-hydrogen) atoms. The average Bonchev–Trinajstić information content (AvgIpc) is 2.92. The lowest BCUT2D eigenvalue weighted by atomic mass is 10.2. The van der Waals surface area contributed by atoms with Gasteiger partial charge in [0, 0.05) is 30.9 Å². The highest BCUT2D eigenvalue weighted by atomic mass is 16.5. The number of ether oxygens (including phenoxy) is 1. The predicted molar refractivity (Wildman–Crippen MR) is 64.3 cm³/mol. The van der Waals surface area contributed by atoms with Crippen LogP contribution in [0.15, 0.2) is 12.3 Å². The third-order valence-corrected chi connectivity index (χ3v) is 2.65. The summed E-state index contributed by atoms with van der Waals surface area (Å²) in [6.45, 7) is 2.32. The third kappa shape index (κ3) is 2.34. The van der Waals surface area contributed by atoms with Gasteiger partial charge in [0.1, 0.15) is 0 Å². The van der Waals surface area contributed by atoms with E-state index in [0.29, 0.717) is 18.1 Å². The Hall–Kier alpha value is -2.31. The third-order valence-electron chi connectivity index (χ3n) is 2.65. The number of hydrogen-bond acceptors (Lipinski definition) is 4. The van der Waals surface area contributed by atoms with Crippen molar-refractivity contribution < 1.29 is 9.53 Å². The van der Waals surface area contributed by atoms with Crippen molar-refractivity contribution in [2.45, 2.75) is 13.5 Å². The molecule has 7 nitrogen and oxygen atoms in total. The van der Waals surface area contributed by atoms with Crippen LogP contribution in [0.1, 0.15) is 21.7 Å². The first-order valence-electron chi connectivity index (χ1n) is 5.47. The number of H-pyrrole nitrogens is 1. The monoisotopic (exact) mass is 249 g/mol. The van der Waals surface area contributed by atoms with E-state index in [0.717, 1.165) is 11.3 Å².